The smallest absolute Gasteiger partial charge is 0.0464 e. The Labute approximate surface area is 77.0 Å². The monoisotopic (exact) mass is 189 g/mol. The Bertz CT molecular complexity index is 148. The van der Waals surface area contributed by atoms with E-state index in [0.29, 0.717) is 12.5 Å². The number of hydrogen-bond acceptors (Lipinski definition) is 3. The van der Waals surface area contributed by atoms with Crippen LogP contribution >= 0.6 is 11.8 Å². The molecule has 12 heavy (non-hydrogen) atoms. The van der Waals surface area contributed by atoms with Gasteiger partial charge in [-0.05, 0) is 29.4 Å². The van der Waals surface area contributed by atoms with Crippen molar-refractivity contribution in [2.75, 3.05) is 24.7 Å². The molecule has 0 bridgehead atoms. The number of thioether (sulfide) groups is 1. The average Bonchev–Trinajstić information content (AvgIpc) is 2.10. The fraction of sp³-hybridized carbons (Fsp3) is 1.00. The van der Waals surface area contributed by atoms with Crippen LogP contribution in [0.2, 0.25) is 0 Å². The molecule has 0 radical (unpaired) electrons. The first-order valence-electron chi connectivity index (χ1n) is 4.00. The predicted molar refractivity (Wildman–Crippen MR) is 52.2 cm³/mol. The largest absolute Gasteiger partial charge is 0.396 e. The van der Waals surface area contributed by atoms with Gasteiger partial charge in [-0.15, -0.1) is 0 Å². The number of azide groups is 1. The average molecular weight is 189 g/mol. The molecule has 0 amide bonds. The van der Waals surface area contributed by atoms with Crippen LogP contribution in [0.3, 0.4) is 0 Å². The van der Waals surface area contributed by atoms with Crippen molar-refractivity contribution in [1.29, 1.82) is 0 Å². The van der Waals surface area contributed by atoms with Crippen molar-refractivity contribution in [1.82, 2.24) is 0 Å². The van der Waals surface area contributed by atoms with Crippen LogP contribution in [0.4, 0.5) is 0 Å². The van der Waals surface area contributed by atoms with Crippen molar-refractivity contribution in [2.45, 2.75) is 13.3 Å². The third-order valence-corrected chi connectivity index (χ3v) is 2.71. The zero-order valence-corrected chi connectivity index (χ0v) is 8.13. The van der Waals surface area contributed by atoms with Crippen molar-refractivity contribution in [3.8, 4) is 0 Å². The third kappa shape index (κ3) is 7.72. The zero-order chi connectivity index (χ0) is 9.23. The van der Waals surface area contributed by atoms with E-state index in [9.17, 15) is 0 Å². The highest BCUT2D eigenvalue weighted by Crippen LogP contribution is 2.08. The van der Waals surface area contributed by atoms with Crippen molar-refractivity contribution in [3.63, 3.8) is 0 Å². The second-order valence-corrected chi connectivity index (χ2v) is 3.82. The lowest BCUT2D eigenvalue weighted by Crippen LogP contribution is -2.03. The Hall–Kier alpha value is -0.380. The molecule has 1 atom stereocenters. The minimum absolute atomic E-state index is 0.253. The van der Waals surface area contributed by atoms with Gasteiger partial charge in [-0.3, -0.25) is 0 Å². The van der Waals surface area contributed by atoms with Crippen LogP contribution in [-0.4, -0.2) is 29.8 Å². The molecule has 0 aromatic rings. The van der Waals surface area contributed by atoms with Crippen molar-refractivity contribution >= 4 is 11.8 Å². The summed E-state index contributed by atoms with van der Waals surface area (Å²) in [5.74, 6) is 2.35. The van der Waals surface area contributed by atoms with Gasteiger partial charge in [0.2, 0.25) is 0 Å². The summed E-state index contributed by atoms with van der Waals surface area (Å²) in [6.07, 6.45) is 0.923. The molecule has 0 heterocycles. The third-order valence-electron chi connectivity index (χ3n) is 1.32. The molecule has 0 aromatic carbocycles. The molecule has 5 heteroatoms. The standard InChI is InChI=1S/C7H15N3OS/c1-7(5-11)6-12-4-2-3-9-10-8/h7,11H,2-6H2,1H3. The first kappa shape index (κ1) is 11.6. The van der Waals surface area contributed by atoms with Gasteiger partial charge in [0.05, 0.1) is 0 Å². The molecule has 0 rings (SSSR count). The van der Waals surface area contributed by atoms with Crippen LogP contribution < -0.4 is 0 Å². The molecule has 0 saturated carbocycles. The van der Waals surface area contributed by atoms with E-state index in [1.54, 1.807) is 11.8 Å². The molecule has 0 saturated heterocycles. The summed E-state index contributed by atoms with van der Waals surface area (Å²) in [4.78, 5) is 2.66. The zero-order valence-electron chi connectivity index (χ0n) is 7.31. The number of nitrogens with zero attached hydrogens (tertiary/aromatic N) is 3. The Balaban J connectivity index is 3.05. The molecule has 0 aliphatic rings. The lowest BCUT2D eigenvalue weighted by atomic mass is 10.2. The molecule has 4 nitrogen and oxygen atoms in total. The van der Waals surface area contributed by atoms with Gasteiger partial charge in [0, 0.05) is 18.1 Å². The summed E-state index contributed by atoms with van der Waals surface area (Å²) >= 11 is 1.79. The van der Waals surface area contributed by atoms with Crippen LogP contribution in [0.15, 0.2) is 5.11 Å². The minimum Gasteiger partial charge on any atom is -0.396 e. The van der Waals surface area contributed by atoms with Crippen LogP contribution in [0, 0.1) is 5.92 Å². The molecule has 0 aliphatic carbocycles. The van der Waals surface area contributed by atoms with Gasteiger partial charge in [-0.25, -0.2) is 0 Å². The van der Waals surface area contributed by atoms with E-state index in [1.165, 1.54) is 0 Å². The summed E-state index contributed by atoms with van der Waals surface area (Å²) < 4.78 is 0. The van der Waals surface area contributed by atoms with Gasteiger partial charge in [-0.2, -0.15) is 11.8 Å². The summed E-state index contributed by atoms with van der Waals surface area (Å²) in [6, 6.07) is 0. The van der Waals surface area contributed by atoms with Gasteiger partial charge in [0.25, 0.3) is 0 Å². The maximum Gasteiger partial charge on any atom is 0.0464 e. The summed E-state index contributed by atoms with van der Waals surface area (Å²) in [5.41, 5.74) is 7.97. The molecule has 0 spiro atoms. The van der Waals surface area contributed by atoms with E-state index < -0.39 is 0 Å². The summed E-state index contributed by atoms with van der Waals surface area (Å²) in [7, 11) is 0. The topological polar surface area (TPSA) is 69.0 Å². The number of aliphatic hydroxyl groups excluding tert-OH is 1. The Morgan fingerprint density at radius 1 is 1.67 bits per heavy atom. The Morgan fingerprint density at radius 3 is 3.00 bits per heavy atom. The van der Waals surface area contributed by atoms with E-state index in [1.807, 2.05) is 6.92 Å². The van der Waals surface area contributed by atoms with Gasteiger partial charge < -0.3 is 5.11 Å². The van der Waals surface area contributed by atoms with E-state index in [0.717, 1.165) is 17.9 Å². The maximum atomic E-state index is 8.70. The van der Waals surface area contributed by atoms with Crippen molar-refractivity contribution < 1.29 is 5.11 Å². The van der Waals surface area contributed by atoms with E-state index in [2.05, 4.69) is 10.0 Å². The number of aliphatic hydroxyl groups is 1. The van der Waals surface area contributed by atoms with Gasteiger partial charge in [0.15, 0.2) is 0 Å². The summed E-state index contributed by atoms with van der Waals surface area (Å²) in [5, 5.41) is 12.1. The van der Waals surface area contributed by atoms with E-state index in [4.69, 9.17) is 10.6 Å². The normalized spacial score (nSPS) is 12.2. The first-order chi connectivity index (χ1) is 5.81. The number of hydrogen-bond donors (Lipinski definition) is 1. The SMILES string of the molecule is CC(CO)CSCCCN=[N+]=[N-]. The van der Waals surface area contributed by atoms with Crippen LogP contribution in [-0.2, 0) is 0 Å². The van der Waals surface area contributed by atoms with Crippen LogP contribution in [0.25, 0.3) is 10.4 Å². The number of rotatable bonds is 7. The molecule has 1 N–H and O–H groups in total. The Kier molecular flexibility index (Phi) is 8.44. The van der Waals surface area contributed by atoms with E-state index in [-0.39, 0.29) is 6.61 Å². The van der Waals surface area contributed by atoms with E-state index >= 15 is 0 Å². The summed E-state index contributed by atoms with van der Waals surface area (Å²) in [6.45, 7) is 2.85. The molecular formula is C7H15N3OS. The lowest BCUT2D eigenvalue weighted by molar-refractivity contribution is 0.250. The quantitative estimate of drug-likeness (QED) is 0.288. The minimum atomic E-state index is 0.253. The maximum absolute atomic E-state index is 8.70. The van der Waals surface area contributed by atoms with Gasteiger partial charge in [-0.1, -0.05) is 12.0 Å². The molecule has 0 fully saturated rings. The highest BCUT2D eigenvalue weighted by atomic mass is 32.2. The van der Waals surface area contributed by atoms with Crippen molar-refractivity contribution in [3.05, 3.63) is 10.4 Å². The molecule has 0 aliphatic heterocycles. The molecule has 0 aromatic heterocycles. The molecular weight excluding hydrogens is 174 g/mol. The second kappa shape index (κ2) is 8.71. The van der Waals surface area contributed by atoms with Crippen LogP contribution in [0.1, 0.15) is 13.3 Å². The van der Waals surface area contributed by atoms with Gasteiger partial charge in [0.1, 0.15) is 0 Å². The predicted octanol–water partition coefficient (Wildman–Crippen LogP) is 2.05. The van der Waals surface area contributed by atoms with Crippen molar-refractivity contribution in [2.24, 2.45) is 11.0 Å². The first-order valence-corrected chi connectivity index (χ1v) is 5.16. The lowest BCUT2D eigenvalue weighted by Gasteiger charge is -2.05. The van der Waals surface area contributed by atoms with Gasteiger partial charge >= 0.3 is 0 Å². The highest BCUT2D eigenvalue weighted by molar-refractivity contribution is 7.99. The second-order valence-electron chi connectivity index (χ2n) is 2.67. The fourth-order valence-corrected chi connectivity index (χ4v) is 1.63. The fourth-order valence-electron chi connectivity index (χ4n) is 0.619. The Morgan fingerprint density at radius 2 is 2.42 bits per heavy atom. The molecule has 70 valence electrons. The highest BCUT2D eigenvalue weighted by Gasteiger charge is 1.98. The molecule has 1 unspecified atom stereocenters. The van der Waals surface area contributed by atoms with Crippen LogP contribution in [0.5, 0.6) is 0 Å².